The summed E-state index contributed by atoms with van der Waals surface area (Å²) in [5, 5.41) is 3.23. The molecule has 92 valence electrons. The first-order valence-electron chi connectivity index (χ1n) is 5.69. The maximum Gasteiger partial charge on any atom is 0.243 e. The lowest BCUT2D eigenvalue weighted by molar-refractivity contribution is -0.118. The Hall–Kier alpha value is -1.46. The van der Waals surface area contributed by atoms with Crippen LogP contribution in [0.25, 0.3) is 0 Å². The Morgan fingerprint density at radius 1 is 1.47 bits per heavy atom. The van der Waals surface area contributed by atoms with Crippen molar-refractivity contribution in [1.82, 2.24) is 5.01 Å². The average Bonchev–Trinajstić information content (AvgIpc) is 2.56. The molecule has 1 amide bonds. The number of para-hydroxylation sites is 1. The lowest BCUT2D eigenvalue weighted by Gasteiger charge is -2.30. The molecule has 1 aliphatic heterocycles. The highest BCUT2D eigenvalue weighted by molar-refractivity contribution is 5.95. The van der Waals surface area contributed by atoms with Crippen molar-refractivity contribution >= 4 is 11.6 Å². The molecule has 2 N–H and O–H groups in total. The van der Waals surface area contributed by atoms with Gasteiger partial charge >= 0.3 is 0 Å². The van der Waals surface area contributed by atoms with Gasteiger partial charge in [-0.3, -0.25) is 4.79 Å². The number of rotatable bonds is 3. The number of nitrogens with two attached hydrogens (primary N) is 1. The number of hydrazine groups is 1. The molecule has 1 atom stereocenters. The quantitative estimate of drug-likeness (QED) is 0.857. The zero-order chi connectivity index (χ0) is 12.4. The van der Waals surface area contributed by atoms with Gasteiger partial charge in [-0.2, -0.15) is 0 Å². The molecule has 17 heavy (non-hydrogen) atoms. The van der Waals surface area contributed by atoms with Crippen LogP contribution < -0.4 is 10.7 Å². The summed E-state index contributed by atoms with van der Waals surface area (Å²) in [7, 11) is 0. The van der Waals surface area contributed by atoms with Gasteiger partial charge in [0.1, 0.15) is 5.82 Å². The van der Waals surface area contributed by atoms with Crippen molar-refractivity contribution in [3.8, 4) is 0 Å². The van der Waals surface area contributed by atoms with Gasteiger partial charge in [-0.1, -0.05) is 12.1 Å². The van der Waals surface area contributed by atoms with Gasteiger partial charge in [0, 0.05) is 25.6 Å². The van der Waals surface area contributed by atoms with E-state index in [0.717, 1.165) is 0 Å². The summed E-state index contributed by atoms with van der Waals surface area (Å²) in [4.78, 5) is 11.9. The monoisotopic (exact) mass is 237 g/mol. The summed E-state index contributed by atoms with van der Waals surface area (Å²) >= 11 is 0. The van der Waals surface area contributed by atoms with E-state index in [0.29, 0.717) is 25.2 Å². The summed E-state index contributed by atoms with van der Waals surface area (Å²) in [6, 6.07) is 6.34. The topological polar surface area (TPSA) is 49.6 Å². The lowest BCUT2D eigenvalue weighted by Crippen LogP contribution is -2.45. The molecule has 0 aromatic heterocycles. The van der Waals surface area contributed by atoms with Crippen LogP contribution in [0.3, 0.4) is 0 Å². The molecule has 0 bridgehead atoms. The maximum atomic E-state index is 13.7. The van der Waals surface area contributed by atoms with E-state index in [4.69, 9.17) is 5.73 Å². The Kier molecular flexibility index (Phi) is 3.40. The number of anilines is 1. The second-order valence-corrected chi connectivity index (χ2v) is 4.16. The van der Waals surface area contributed by atoms with E-state index in [1.54, 1.807) is 18.2 Å². The van der Waals surface area contributed by atoms with Crippen LogP contribution in [0, 0.1) is 5.82 Å². The summed E-state index contributed by atoms with van der Waals surface area (Å²) in [5.41, 5.74) is 5.82. The van der Waals surface area contributed by atoms with Gasteiger partial charge in [-0.25, -0.2) is 14.4 Å². The summed E-state index contributed by atoms with van der Waals surface area (Å²) in [6.45, 7) is 2.91. The molecule has 0 spiro atoms. The molecule has 5 heteroatoms. The van der Waals surface area contributed by atoms with Crippen LogP contribution >= 0.6 is 0 Å². The fourth-order valence-corrected chi connectivity index (χ4v) is 2.13. The predicted molar refractivity (Wildman–Crippen MR) is 63.7 cm³/mol. The second kappa shape index (κ2) is 4.81. The number of amides is 1. The maximum absolute atomic E-state index is 13.7. The Bertz CT molecular complexity index is 424. The van der Waals surface area contributed by atoms with Crippen molar-refractivity contribution in [2.45, 2.75) is 19.4 Å². The molecule has 0 saturated carbocycles. The molecule has 0 aliphatic carbocycles. The summed E-state index contributed by atoms with van der Waals surface area (Å²) in [5.74, 6) is -0.479. The minimum absolute atomic E-state index is 0.0608. The third-order valence-corrected chi connectivity index (χ3v) is 2.91. The Balaban J connectivity index is 2.35. The van der Waals surface area contributed by atoms with Gasteiger partial charge < -0.3 is 5.73 Å². The van der Waals surface area contributed by atoms with E-state index >= 15 is 0 Å². The first-order valence-corrected chi connectivity index (χ1v) is 5.69. The van der Waals surface area contributed by atoms with Gasteiger partial charge in [0.15, 0.2) is 0 Å². The van der Waals surface area contributed by atoms with Crippen LogP contribution in [0.2, 0.25) is 0 Å². The fraction of sp³-hybridized carbons (Fsp3) is 0.417. The number of halogens is 1. The van der Waals surface area contributed by atoms with Crippen molar-refractivity contribution in [1.29, 1.82) is 0 Å². The second-order valence-electron chi connectivity index (χ2n) is 4.16. The zero-order valence-electron chi connectivity index (χ0n) is 9.77. The van der Waals surface area contributed by atoms with Gasteiger partial charge in [-0.05, 0) is 19.1 Å². The highest BCUT2D eigenvalue weighted by Gasteiger charge is 2.36. The smallest absolute Gasteiger partial charge is 0.243 e. The van der Waals surface area contributed by atoms with Crippen LogP contribution in [0.1, 0.15) is 13.3 Å². The van der Waals surface area contributed by atoms with E-state index in [1.165, 1.54) is 11.1 Å². The Labute approximate surface area is 99.8 Å². The third-order valence-electron chi connectivity index (χ3n) is 2.91. The molecule has 1 saturated heterocycles. The summed E-state index contributed by atoms with van der Waals surface area (Å²) < 4.78 is 13.7. The molecule has 0 radical (unpaired) electrons. The number of carbonyl (C=O) groups excluding carboxylic acids is 1. The standard InChI is InChI=1S/C12H16FN3O/c1-9-8-12(17)16(15(9)7-6-14)11-5-3-2-4-10(11)13/h2-5,9H,6-8,14H2,1H3. The minimum atomic E-state index is -0.392. The number of benzene rings is 1. The lowest BCUT2D eigenvalue weighted by atomic mass is 10.2. The Morgan fingerprint density at radius 3 is 2.82 bits per heavy atom. The highest BCUT2D eigenvalue weighted by Crippen LogP contribution is 2.28. The molecule has 4 nitrogen and oxygen atoms in total. The van der Waals surface area contributed by atoms with Crippen LogP contribution in [0.15, 0.2) is 24.3 Å². The van der Waals surface area contributed by atoms with Crippen LogP contribution in [-0.2, 0) is 4.79 Å². The minimum Gasteiger partial charge on any atom is -0.329 e. The predicted octanol–water partition coefficient (Wildman–Crippen LogP) is 1.13. The number of hydrogen-bond donors (Lipinski definition) is 1. The van der Waals surface area contributed by atoms with Gasteiger partial charge in [0.25, 0.3) is 0 Å². The molecule has 1 heterocycles. The van der Waals surface area contributed by atoms with Crippen LogP contribution in [0.4, 0.5) is 10.1 Å². The summed E-state index contributed by atoms with van der Waals surface area (Å²) in [6.07, 6.45) is 0.397. The average molecular weight is 237 g/mol. The SMILES string of the molecule is CC1CC(=O)N(c2ccccc2F)N1CCN. The normalized spacial score (nSPS) is 21.2. The van der Waals surface area contributed by atoms with Gasteiger partial charge in [0.2, 0.25) is 5.91 Å². The van der Waals surface area contributed by atoms with Crippen molar-refractivity contribution in [2.24, 2.45) is 5.73 Å². The van der Waals surface area contributed by atoms with Gasteiger partial charge in [0.05, 0.1) is 5.69 Å². The molecule has 1 fully saturated rings. The number of carbonyl (C=O) groups is 1. The molecule has 1 aliphatic rings. The van der Waals surface area contributed by atoms with Crippen molar-refractivity contribution < 1.29 is 9.18 Å². The van der Waals surface area contributed by atoms with E-state index in [2.05, 4.69) is 0 Å². The molecule has 2 rings (SSSR count). The van der Waals surface area contributed by atoms with Crippen LogP contribution in [0.5, 0.6) is 0 Å². The van der Waals surface area contributed by atoms with E-state index in [9.17, 15) is 9.18 Å². The zero-order valence-corrected chi connectivity index (χ0v) is 9.77. The van der Waals surface area contributed by atoms with E-state index < -0.39 is 5.82 Å². The molecule has 1 aromatic carbocycles. The molecule has 1 aromatic rings. The molecule has 1 unspecified atom stereocenters. The molecular weight excluding hydrogens is 221 g/mol. The van der Waals surface area contributed by atoms with Gasteiger partial charge in [-0.15, -0.1) is 0 Å². The number of hydrogen-bond acceptors (Lipinski definition) is 3. The van der Waals surface area contributed by atoms with Crippen LogP contribution in [-0.4, -0.2) is 30.0 Å². The van der Waals surface area contributed by atoms with E-state index in [1.807, 2.05) is 11.9 Å². The Morgan fingerprint density at radius 2 is 2.18 bits per heavy atom. The number of nitrogens with zero attached hydrogens (tertiary/aromatic N) is 2. The van der Waals surface area contributed by atoms with Crippen molar-refractivity contribution in [3.63, 3.8) is 0 Å². The fourth-order valence-electron chi connectivity index (χ4n) is 2.13. The van der Waals surface area contributed by atoms with E-state index in [-0.39, 0.29) is 11.9 Å². The largest absolute Gasteiger partial charge is 0.329 e. The highest BCUT2D eigenvalue weighted by atomic mass is 19.1. The third kappa shape index (κ3) is 2.16. The first-order chi connectivity index (χ1) is 8.15. The first kappa shape index (κ1) is 12.0. The molecular formula is C12H16FN3O. The van der Waals surface area contributed by atoms with Crippen molar-refractivity contribution in [3.05, 3.63) is 30.1 Å². The van der Waals surface area contributed by atoms with Crippen molar-refractivity contribution in [2.75, 3.05) is 18.1 Å².